The van der Waals surface area contributed by atoms with Crippen LogP contribution in [-0.2, 0) is 0 Å². The molecule has 2 aromatic rings. The summed E-state index contributed by atoms with van der Waals surface area (Å²) in [6.45, 7) is 6.84. The summed E-state index contributed by atoms with van der Waals surface area (Å²) in [6.07, 6.45) is 2.38. The molecule has 5 heteroatoms. The van der Waals surface area contributed by atoms with Crippen molar-refractivity contribution in [2.45, 2.75) is 38.3 Å². The fourth-order valence-corrected chi connectivity index (χ4v) is 5.26. The number of carbonyl (C=O) groups is 1. The van der Waals surface area contributed by atoms with Crippen LogP contribution in [0.15, 0.2) is 24.3 Å². The molecule has 1 atom stereocenters. The molecule has 0 radical (unpaired) electrons. The van der Waals surface area contributed by atoms with Gasteiger partial charge in [0, 0.05) is 22.0 Å². The number of amides is 1. The van der Waals surface area contributed by atoms with Crippen molar-refractivity contribution in [2.75, 3.05) is 18.8 Å². The number of hydrogen-bond acceptors (Lipinski definition) is 4. The minimum Gasteiger partial charge on any atom is -0.399 e. The number of nitrogens with two attached hydrogens (primary N) is 1. The van der Waals surface area contributed by atoms with Crippen LogP contribution in [0.2, 0.25) is 0 Å². The molecule has 1 aromatic heterocycles. The summed E-state index contributed by atoms with van der Waals surface area (Å²) < 4.78 is 1.07. The van der Waals surface area contributed by atoms with Crippen molar-refractivity contribution in [1.82, 2.24) is 10.2 Å². The second-order valence-corrected chi connectivity index (χ2v) is 8.42. The molecule has 3 aliphatic heterocycles. The zero-order chi connectivity index (χ0) is 16.2. The number of nitrogens with zero attached hydrogens (tertiary/aromatic N) is 1. The lowest BCUT2D eigenvalue weighted by molar-refractivity contribution is -0.0377. The Morgan fingerprint density at radius 2 is 2.04 bits per heavy atom. The fourth-order valence-electron chi connectivity index (χ4n) is 4.25. The molecule has 3 saturated heterocycles. The number of benzene rings is 1. The minimum atomic E-state index is 0.0396. The van der Waals surface area contributed by atoms with Gasteiger partial charge in [0.15, 0.2) is 0 Å². The topological polar surface area (TPSA) is 58.4 Å². The molecule has 1 aromatic carbocycles. The summed E-state index contributed by atoms with van der Waals surface area (Å²) in [4.78, 5) is 16.1. The monoisotopic (exact) mass is 329 g/mol. The maximum absolute atomic E-state index is 12.8. The summed E-state index contributed by atoms with van der Waals surface area (Å²) >= 11 is 1.52. The number of hydrogen-bond donors (Lipinski definition) is 2. The molecule has 4 heterocycles. The number of nitrogen functional groups attached to an aromatic ring is 1. The van der Waals surface area contributed by atoms with Gasteiger partial charge in [-0.15, -0.1) is 11.3 Å². The third-order valence-corrected chi connectivity index (χ3v) is 6.74. The van der Waals surface area contributed by atoms with Gasteiger partial charge in [-0.2, -0.15) is 0 Å². The predicted octanol–water partition coefficient (Wildman–Crippen LogP) is 3.09. The Balaban J connectivity index is 1.59. The highest BCUT2D eigenvalue weighted by Crippen LogP contribution is 2.39. The van der Waals surface area contributed by atoms with E-state index in [0.29, 0.717) is 5.92 Å². The standard InChI is InChI=1S/C18H23N3OS/c1-18(2)16(11-5-7-21(18)8-6-11)20-17(22)15-9-12-3-4-13(19)10-14(12)23-15/h3-4,9-11,16H,5-8,19H2,1-2H3,(H,20,22)/t16-/m0/s1. The normalized spacial score (nSPS) is 28.9. The lowest BCUT2D eigenvalue weighted by Gasteiger charge is -2.56. The van der Waals surface area contributed by atoms with Gasteiger partial charge in [-0.25, -0.2) is 0 Å². The molecule has 122 valence electrons. The summed E-state index contributed by atoms with van der Waals surface area (Å²) in [6, 6.07) is 8.01. The molecule has 3 N–H and O–H groups in total. The van der Waals surface area contributed by atoms with E-state index in [-0.39, 0.29) is 17.5 Å². The highest BCUT2D eigenvalue weighted by molar-refractivity contribution is 7.20. The highest BCUT2D eigenvalue weighted by atomic mass is 32.1. The molecule has 2 bridgehead atoms. The second kappa shape index (κ2) is 5.21. The molecule has 23 heavy (non-hydrogen) atoms. The van der Waals surface area contributed by atoms with Crippen molar-refractivity contribution in [2.24, 2.45) is 5.92 Å². The van der Waals surface area contributed by atoms with Crippen LogP contribution < -0.4 is 11.1 Å². The highest BCUT2D eigenvalue weighted by Gasteiger charge is 2.48. The maximum Gasteiger partial charge on any atom is 0.261 e. The lowest BCUT2D eigenvalue weighted by atomic mass is 9.72. The van der Waals surface area contributed by atoms with Crippen LogP contribution in [0.1, 0.15) is 36.4 Å². The Bertz CT molecular complexity index is 759. The number of rotatable bonds is 2. The van der Waals surface area contributed by atoms with Crippen LogP contribution >= 0.6 is 11.3 Å². The van der Waals surface area contributed by atoms with E-state index in [0.717, 1.165) is 33.7 Å². The Kier molecular flexibility index (Phi) is 3.39. The van der Waals surface area contributed by atoms with Gasteiger partial charge in [-0.05, 0) is 69.3 Å². The zero-order valence-corrected chi connectivity index (χ0v) is 14.5. The largest absolute Gasteiger partial charge is 0.399 e. The van der Waals surface area contributed by atoms with Crippen LogP contribution in [0.25, 0.3) is 10.1 Å². The van der Waals surface area contributed by atoms with Crippen LogP contribution in [0, 0.1) is 5.92 Å². The summed E-state index contributed by atoms with van der Waals surface area (Å²) in [5, 5.41) is 4.42. The number of anilines is 1. The first-order valence-corrected chi connectivity index (χ1v) is 9.12. The fraction of sp³-hybridized carbons (Fsp3) is 0.500. The zero-order valence-electron chi connectivity index (χ0n) is 13.6. The van der Waals surface area contributed by atoms with Crippen LogP contribution in [0.3, 0.4) is 0 Å². The van der Waals surface area contributed by atoms with Gasteiger partial charge in [-0.1, -0.05) is 6.07 Å². The molecule has 4 nitrogen and oxygen atoms in total. The Morgan fingerprint density at radius 3 is 2.74 bits per heavy atom. The molecule has 3 aliphatic rings. The molecule has 5 rings (SSSR count). The summed E-state index contributed by atoms with van der Waals surface area (Å²) in [5.41, 5.74) is 6.62. The van der Waals surface area contributed by atoms with Gasteiger partial charge in [-0.3, -0.25) is 9.69 Å². The summed E-state index contributed by atoms with van der Waals surface area (Å²) in [5.74, 6) is 0.653. The number of piperidine rings is 3. The van der Waals surface area contributed by atoms with E-state index in [1.54, 1.807) is 0 Å². The summed E-state index contributed by atoms with van der Waals surface area (Å²) in [7, 11) is 0. The number of fused-ring (bicyclic) bond motifs is 4. The predicted molar refractivity (Wildman–Crippen MR) is 95.9 cm³/mol. The first kappa shape index (κ1) is 15.0. The Morgan fingerprint density at radius 1 is 1.30 bits per heavy atom. The molecule has 1 amide bonds. The van der Waals surface area contributed by atoms with Crippen molar-refractivity contribution in [3.8, 4) is 0 Å². The van der Waals surface area contributed by atoms with Crippen molar-refractivity contribution in [1.29, 1.82) is 0 Å². The quantitative estimate of drug-likeness (QED) is 0.833. The molecule has 3 fully saturated rings. The first-order valence-electron chi connectivity index (χ1n) is 8.30. The minimum absolute atomic E-state index is 0.0396. The third-order valence-electron chi connectivity index (χ3n) is 5.64. The second-order valence-electron chi connectivity index (χ2n) is 7.34. The van der Waals surface area contributed by atoms with Crippen molar-refractivity contribution in [3.05, 3.63) is 29.1 Å². The van der Waals surface area contributed by atoms with Gasteiger partial charge in [0.25, 0.3) is 5.91 Å². The van der Waals surface area contributed by atoms with Crippen molar-refractivity contribution in [3.63, 3.8) is 0 Å². The van der Waals surface area contributed by atoms with Gasteiger partial charge < -0.3 is 11.1 Å². The van der Waals surface area contributed by atoms with E-state index in [9.17, 15) is 4.79 Å². The van der Waals surface area contributed by atoms with E-state index in [1.807, 2.05) is 24.3 Å². The lowest BCUT2D eigenvalue weighted by Crippen LogP contribution is -2.69. The van der Waals surface area contributed by atoms with E-state index in [1.165, 1.54) is 24.2 Å². The van der Waals surface area contributed by atoms with E-state index in [4.69, 9.17) is 5.73 Å². The molecule has 0 saturated carbocycles. The van der Waals surface area contributed by atoms with Crippen molar-refractivity contribution >= 4 is 33.0 Å². The maximum atomic E-state index is 12.8. The van der Waals surface area contributed by atoms with Crippen LogP contribution in [0.4, 0.5) is 5.69 Å². The van der Waals surface area contributed by atoms with Crippen molar-refractivity contribution < 1.29 is 4.79 Å². The van der Waals surface area contributed by atoms with Gasteiger partial charge in [0.05, 0.1) is 4.88 Å². The smallest absolute Gasteiger partial charge is 0.261 e. The van der Waals surface area contributed by atoms with Gasteiger partial charge >= 0.3 is 0 Å². The number of nitrogens with one attached hydrogen (secondary N) is 1. The average Bonchev–Trinajstić information content (AvgIpc) is 2.94. The van der Waals surface area contributed by atoms with Gasteiger partial charge in [0.1, 0.15) is 0 Å². The van der Waals surface area contributed by atoms with E-state index < -0.39 is 0 Å². The molecule has 0 aliphatic carbocycles. The molecule has 0 spiro atoms. The molecular formula is C18H23N3OS. The van der Waals surface area contributed by atoms with Crippen LogP contribution in [-0.4, -0.2) is 35.5 Å². The number of carbonyl (C=O) groups excluding carboxylic acids is 1. The molecule has 0 unspecified atom stereocenters. The van der Waals surface area contributed by atoms with E-state index in [2.05, 4.69) is 24.1 Å². The SMILES string of the molecule is CC1(C)[C@@H](NC(=O)c2cc3ccc(N)cc3s2)C2CCN1CC2. The average molecular weight is 329 g/mol. The number of thiophene rings is 1. The third kappa shape index (κ3) is 2.42. The van der Waals surface area contributed by atoms with Crippen LogP contribution in [0.5, 0.6) is 0 Å². The van der Waals surface area contributed by atoms with Gasteiger partial charge in [0.2, 0.25) is 0 Å². The molecular weight excluding hydrogens is 306 g/mol. The Hall–Kier alpha value is -1.59. The first-order chi connectivity index (χ1) is 10.9. The Labute approximate surface area is 140 Å². The van der Waals surface area contributed by atoms with E-state index >= 15 is 0 Å².